The molecule has 0 amide bonds. The zero-order chi connectivity index (χ0) is 12.4. The summed E-state index contributed by atoms with van der Waals surface area (Å²) in [6, 6.07) is 7.34. The number of H-pyrrole nitrogens is 1. The fraction of sp³-hybridized carbons (Fsp3) is 0.333. The van der Waals surface area contributed by atoms with E-state index >= 15 is 0 Å². The number of nitrogens with two attached hydrogens (primary N) is 1. The summed E-state index contributed by atoms with van der Waals surface area (Å²) in [7, 11) is 0. The first-order valence-electron chi connectivity index (χ1n) is 5.52. The first-order chi connectivity index (χ1) is 8.09. The van der Waals surface area contributed by atoms with Crippen molar-refractivity contribution in [1.29, 1.82) is 0 Å². The molecule has 17 heavy (non-hydrogen) atoms. The number of halogens is 1. The van der Waals surface area contributed by atoms with Crippen LogP contribution in [-0.2, 0) is 0 Å². The van der Waals surface area contributed by atoms with Gasteiger partial charge < -0.3 is 5.73 Å². The molecule has 0 saturated heterocycles. The van der Waals surface area contributed by atoms with Gasteiger partial charge in [0.05, 0.1) is 11.1 Å². The maximum Gasteiger partial charge on any atom is 0.182 e. The number of rotatable bonds is 3. The lowest BCUT2D eigenvalue weighted by atomic mass is 10.1. The van der Waals surface area contributed by atoms with Gasteiger partial charge in [0, 0.05) is 5.56 Å². The predicted molar refractivity (Wildman–Crippen MR) is 68.6 cm³/mol. The summed E-state index contributed by atoms with van der Waals surface area (Å²) in [6.07, 6.45) is 0. The molecule has 1 aromatic heterocycles. The monoisotopic (exact) mass is 250 g/mol. The Morgan fingerprint density at radius 3 is 2.65 bits per heavy atom. The van der Waals surface area contributed by atoms with Crippen LogP contribution in [0.4, 0.5) is 0 Å². The second-order valence-corrected chi connectivity index (χ2v) is 4.70. The van der Waals surface area contributed by atoms with Gasteiger partial charge in [-0.25, -0.2) is 4.98 Å². The first-order valence-corrected chi connectivity index (χ1v) is 5.90. The Morgan fingerprint density at radius 1 is 1.29 bits per heavy atom. The molecule has 1 aromatic carbocycles. The third-order valence-electron chi connectivity index (χ3n) is 2.65. The molecule has 1 atom stereocenters. The topological polar surface area (TPSA) is 67.6 Å². The second-order valence-electron chi connectivity index (χ2n) is 4.29. The SMILES string of the molecule is CC(C)[C@H](N)c1nc(-c2ccccc2Cl)n[nH]1. The largest absolute Gasteiger partial charge is 0.321 e. The van der Waals surface area contributed by atoms with Gasteiger partial charge in [-0.05, 0) is 18.1 Å². The molecule has 1 heterocycles. The van der Waals surface area contributed by atoms with Gasteiger partial charge in [-0.15, -0.1) is 0 Å². The van der Waals surface area contributed by atoms with E-state index in [0.717, 1.165) is 5.56 Å². The quantitative estimate of drug-likeness (QED) is 0.880. The van der Waals surface area contributed by atoms with Crippen molar-refractivity contribution in [2.24, 2.45) is 11.7 Å². The van der Waals surface area contributed by atoms with E-state index < -0.39 is 0 Å². The van der Waals surface area contributed by atoms with Crippen LogP contribution in [0.3, 0.4) is 0 Å². The van der Waals surface area contributed by atoms with E-state index in [1.165, 1.54) is 0 Å². The van der Waals surface area contributed by atoms with Crippen molar-refractivity contribution >= 4 is 11.6 Å². The molecule has 0 aliphatic rings. The Labute approximate surface area is 105 Å². The zero-order valence-corrected chi connectivity index (χ0v) is 10.6. The number of aromatic amines is 1. The van der Waals surface area contributed by atoms with Gasteiger partial charge in [0.2, 0.25) is 0 Å². The molecular formula is C12H15ClN4. The summed E-state index contributed by atoms with van der Waals surface area (Å²) in [5, 5.41) is 7.65. The molecular weight excluding hydrogens is 236 g/mol. The Morgan fingerprint density at radius 2 is 2.00 bits per heavy atom. The summed E-state index contributed by atoms with van der Waals surface area (Å²) in [6.45, 7) is 4.09. The highest BCUT2D eigenvalue weighted by Gasteiger charge is 2.16. The Kier molecular flexibility index (Phi) is 3.45. The molecule has 4 nitrogen and oxygen atoms in total. The minimum Gasteiger partial charge on any atom is -0.321 e. The molecule has 90 valence electrons. The van der Waals surface area contributed by atoms with Crippen molar-refractivity contribution in [2.45, 2.75) is 19.9 Å². The maximum atomic E-state index is 6.09. The van der Waals surface area contributed by atoms with Gasteiger partial charge in [0.25, 0.3) is 0 Å². The highest BCUT2D eigenvalue weighted by molar-refractivity contribution is 6.33. The molecule has 5 heteroatoms. The van der Waals surface area contributed by atoms with E-state index in [1.807, 2.05) is 38.1 Å². The van der Waals surface area contributed by atoms with Crippen molar-refractivity contribution in [3.05, 3.63) is 35.1 Å². The van der Waals surface area contributed by atoms with Crippen molar-refractivity contribution in [2.75, 3.05) is 0 Å². The van der Waals surface area contributed by atoms with Gasteiger partial charge in [0.15, 0.2) is 5.82 Å². The van der Waals surface area contributed by atoms with Crippen LogP contribution in [-0.4, -0.2) is 15.2 Å². The van der Waals surface area contributed by atoms with E-state index in [2.05, 4.69) is 15.2 Å². The van der Waals surface area contributed by atoms with Gasteiger partial charge in [0.1, 0.15) is 5.82 Å². The van der Waals surface area contributed by atoms with Crippen molar-refractivity contribution in [3.8, 4) is 11.4 Å². The average Bonchev–Trinajstić information content (AvgIpc) is 2.77. The molecule has 0 spiro atoms. The summed E-state index contributed by atoms with van der Waals surface area (Å²) in [4.78, 5) is 4.39. The number of hydrogen-bond donors (Lipinski definition) is 2. The van der Waals surface area contributed by atoms with E-state index in [9.17, 15) is 0 Å². The Bertz CT molecular complexity index is 507. The highest BCUT2D eigenvalue weighted by Crippen LogP contribution is 2.25. The van der Waals surface area contributed by atoms with Crippen LogP contribution in [0.2, 0.25) is 5.02 Å². The van der Waals surface area contributed by atoms with Gasteiger partial charge in [-0.2, -0.15) is 5.10 Å². The lowest BCUT2D eigenvalue weighted by Gasteiger charge is -2.11. The van der Waals surface area contributed by atoms with Crippen molar-refractivity contribution < 1.29 is 0 Å². The normalized spacial score (nSPS) is 13.0. The van der Waals surface area contributed by atoms with Gasteiger partial charge in [-0.1, -0.05) is 37.6 Å². The number of aromatic nitrogens is 3. The molecule has 2 aromatic rings. The van der Waals surface area contributed by atoms with E-state index in [-0.39, 0.29) is 6.04 Å². The van der Waals surface area contributed by atoms with Crippen LogP contribution in [0.1, 0.15) is 25.7 Å². The zero-order valence-electron chi connectivity index (χ0n) is 9.81. The van der Waals surface area contributed by atoms with Crippen LogP contribution < -0.4 is 5.73 Å². The minimum atomic E-state index is -0.140. The fourth-order valence-electron chi connectivity index (χ4n) is 1.50. The number of nitrogens with one attached hydrogen (secondary N) is 1. The predicted octanol–water partition coefficient (Wildman–Crippen LogP) is 2.78. The van der Waals surface area contributed by atoms with Crippen molar-refractivity contribution in [1.82, 2.24) is 15.2 Å². The van der Waals surface area contributed by atoms with Gasteiger partial charge in [-0.3, -0.25) is 5.10 Å². The third-order valence-corrected chi connectivity index (χ3v) is 2.98. The highest BCUT2D eigenvalue weighted by atomic mass is 35.5. The molecule has 0 fully saturated rings. The molecule has 0 saturated carbocycles. The van der Waals surface area contributed by atoms with Crippen LogP contribution in [0, 0.1) is 5.92 Å². The molecule has 3 N–H and O–H groups in total. The molecule has 0 aliphatic carbocycles. The molecule has 0 radical (unpaired) electrons. The third kappa shape index (κ3) is 2.48. The van der Waals surface area contributed by atoms with Crippen LogP contribution in [0.5, 0.6) is 0 Å². The summed E-state index contributed by atoms with van der Waals surface area (Å²) in [5.74, 6) is 1.58. The fourth-order valence-corrected chi connectivity index (χ4v) is 1.72. The van der Waals surface area contributed by atoms with E-state index in [0.29, 0.717) is 22.6 Å². The summed E-state index contributed by atoms with van der Waals surface area (Å²) >= 11 is 6.09. The summed E-state index contributed by atoms with van der Waals surface area (Å²) < 4.78 is 0. The number of hydrogen-bond acceptors (Lipinski definition) is 3. The second kappa shape index (κ2) is 4.85. The minimum absolute atomic E-state index is 0.140. The van der Waals surface area contributed by atoms with Crippen LogP contribution >= 0.6 is 11.6 Å². The standard InChI is InChI=1S/C12H15ClN4/c1-7(2)10(14)12-15-11(16-17-12)8-5-3-4-6-9(8)13/h3-7,10H,14H2,1-2H3,(H,15,16,17)/t10-/m0/s1. The van der Waals surface area contributed by atoms with Crippen LogP contribution in [0.25, 0.3) is 11.4 Å². The molecule has 0 unspecified atom stereocenters. The summed E-state index contributed by atoms with van der Waals surface area (Å²) in [5.41, 5.74) is 6.81. The van der Waals surface area contributed by atoms with Crippen LogP contribution in [0.15, 0.2) is 24.3 Å². The molecule has 0 aliphatic heterocycles. The Hall–Kier alpha value is -1.39. The first kappa shape index (κ1) is 12.1. The molecule has 2 rings (SSSR count). The lowest BCUT2D eigenvalue weighted by molar-refractivity contribution is 0.492. The van der Waals surface area contributed by atoms with Gasteiger partial charge >= 0.3 is 0 Å². The Balaban J connectivity index is 2.34. The molecule has 0 bridgehead atoms. The average molecular weight is 251 g/mol. The number of nitrogens with zero attached hydrogens (tertiary/aromatic N) is 2. The number of benzene rings is 1. The van der Waals surface area contributed by atoms with E-state index in [4.69, 9.17) is 17.3 Å². The van der Waals surface area contributed by atoms with Crippen molar-refractivity contribution in [3.63, 3.8) is 0 Å². The maximum absolute atomic E-state index is 6.09. The smallest absolute Gasteiger partial charge is 0.182 e. The van der Waals surface area contributed by atoms with E-state index in [1.54, 1.807) is 0 Å². The lowest BCUT2D eigenvalue weighted by Crippen LogP contribution is -2.18.